The fraction of sp³-hybridized carbons (Fsp3) is 0.444. The van der Waals surface area contributed by atoms with Crippen LogP contribution in [0.3, 0.4) is 0 Å². The maximum atomic E-state index is 11.3. The van der Waals surface area contributed by atoms with E-state index in [0.29, 0.717) is 5.02 Å². The number of halogens is 2. The number of nitrogens with one attached hydrogen (secondary N) is 1. The Hall–Kier alpha value is -0.550. The van der Waals surface area contributed by atoms with Gasteiger partial charge >= 0.3 is 0 Å². The van der Waals surface area contributed by atoms with E-state index in [1.165, 1.54) is 12.3 Å². The standard InChI is InChI=1S/C9H11Cl2NO3/c10-2-1-7(13)8(14)6-3-5(11)4-12-9(6)15/h3-4,7-8,13-14H,1-2H2,(H,12,15). The minimum absolute atomic E-state index is 0.0418. The molecule has 0 bridgehead atoms. The van der Waals surface area contributed by atoms with E-state index in [-0.39, 0.29) is 17.9 Å². The van der Waals surface area contributed by atoms with Gasteiger partial charge in [0, 0.05) is 17.6 Å². The number of H-pyrrole nitrogens is 1. The Bertz CT molecular complexity index is 380. The number of alkyl halides is 1. The Kier molecular flexibility index (Phi) is 4.60. The second-order valence-electron chi connectivity index (χ2n) is 3.09. The SMILES string of the molecule is O=c1[nH]cc(Cl)cc1C(O)C(O)CCCl. The lowest BCUT2D eigenvalue weighted by Gasteiger charge is -2.16. The Balaban J connectivity index is 2.94. The van der Waals surface area contributed by atoms with E-state index < -0.39 is 17.8 Å². The highest BCUT2D eigenvalue weighted by Crippen LogP contribution is 2.18. The van der Waals surface area contributed by atoms with Crippen LogP contribution in [0, 0.1) is 0 Å². The van der Waals surface area contributed by atoms with Gasteiger partial charge in [0.25, 0.3) is 5.56 Å². The lowest BCUT2D eigenvalue weighted by atomic mass is 10.0. The van der Waals surface area contributed by atoms with E-state index in [2.05, 4.69) is 4.98 Å². The predicted octanol–water partition coefficient (Wildman–Crippen LogP) is 1.05. The molecule has 0 saturated heterocycles. The first-order valence-corrected chi connectivity index (χ1v) is 5.27. The van der Waals surface area contributed by atoms with Crippen molar-refractivity contribution < 1.29 is 10.2 Å². The number of aliphatic hydroxyl groups excluding tert-OH is 2. The lowest BCUT2D eigenvalue weighted by Crippen LogP contribution is -2.25. The van der Waals surface area contributed by atoms with Gasteiger partial charge in [-0.05, 0) is 12.5 Å². The van der Waals surface area contributed by atoms with E-state index in [1.807, 2.05) is 0 Å². The van der Waals surface area contributed by atoms with E-state index in [9.17, 15) is 15.0 Å². The first-order valence-electron chi connectivity index (χ1n) is 4.36. The van der Waals surface area contributed by atoms with Gasteiger partial charge in [-0.3, -0.25) is 4.79 Å². The van der Waals surface area contributed by atoms with Gasteiger partial charge in [0.05, 0.1) is 11.1 Å². The number of aliphatic hydroxyl groups is 2. The van der Waals surface area contributed by atoms with E-state index in [4.69, 9.17) is 23.2 Å². The van der Waals surface area contributed by atoms with Crippen molar-refractivity contribution in [3.8, 4) is 0 Å². The average molecular weight is 252 g/mol. The Morgan fingerprint density at radius 2 is 2.13 bits per heavy atom. The Labute approximate surface area is 96.5 Å². The van der Waals surface area contributed by atoms with Crippen LogP contribution >= 0.6 is 23.2 Å². The normalized spacial score (nSPS) is 14.9. The largest absolute Gasteiger partial charge is 0.390 e. The van der Waals surface area contributed by atoms with Crippen LogP contribution < -0.4 is 5.56 Å². The summed E-state index contributed by atoms with van der Waals surface area (Å²) in [5.74, 6) is 0.205. The van der Waals surface area contributed by atoms with Crippen LogP contribution in [0.25, 0.3) is 0 Å². The second-order valence-corrected chi connectivity index (χ2v) is 3.91. The topological polar surface area (TPSA) is 73.3 Å². The summed E-state index contributed by atoms with van der Waals surface area (Å²) < 4.78 is 0. The third kappa shape index (κ3) is 3.21. The molecule has 1 aromatic heterocycles. The maximum Gasteiger partial charge on any atom is 0.253 e. The van der Waals surface area contributed by atoms with Crippen LogP contribution in [0.15, 0.2) is 17.1 Å². The Morgan fingerprint density at radius 3 is 2.73 bits per heavy atom. The molecule has 1 rings (SSSR count). The zero-order valence-corrected chi connectivity index (χ0v) is 9.29. The smallest absolute Gasteiger partial charge is 0.253 e. The highest BCUT2D eigenvalue weighted by Gasteiger charge is 2.20. The van der Waals surface area contributed by atoms with Gasteiger partial charge in [-0.15, -0.1) is 11.6 Å². The van der Waals surface area contributed by atoms with Gasteiger partial charge in [0.1, 0.15) is 6.10 Å². The van der Waals surface area contributed by atoms with Crippen LogP contribution in [0.5, 0.6) is 0 Å². The molecule has 0 fully saturated rings. The number of aromatic nitrogens is 1. The number of rotatable bonds is 4. The molecule has 0 amide bonds. The van der Waals surface area contributed by atoms with Crippen molar-refractivity contribution in [1.82, 2.24) is 4.98 Å². The van der Waals surface area contributed by atoms with Gasteiger partial charge in [0.2, 0.25) is 0 Å². The zero-order valence-electron chi connectivity index (χ0n) is 7.78. The summed E-state index contributed by atoms with van der Waals surface area (Å²) in [5, 5.41) is 19.4. The molecule has 0 aliphatic carbocycles. The van der Waals surface area contributed by atoms with Crippen molar-refractivity contribution >= 4 is 23.2 Å². The van der Waals surface area contributed by atoms with Gasteiger partial charge in [-0.1, -0.05) is 11.6 Å². The average Bonchev–Trinajstić information content (AvgIpc) is 2.21. The molecule has 15 heavy (non-hydrogen) atoms. The third-order valence-electron chi connectivity index (χ3n) is 1.98. The van der Waals surface area contributed by atoms with Crippen molar-refractivity contribution in [3.63, 3.8) is 0 Å². The minimum Gasteiger partial charge on any atom is -0.390 e. The first kappa shape index (κ1) is 12.5. The quantitative estimate of drug-likeness (QED) is 0.701. The molecule has 84 valence electrons. The van der Waals surface area contributed by atoms with Crippen molar-refractivity contribution in [2.24, 2.45) is 0 Å². The van der Waals surface area contributed by atoms with E-state index in [1.54, 1.807) is 0 Å². The molecule has 1 aromatic rings. The fourth-order valence-corrected chi connectivity index (χ4v) is 1.57. The third-order valence-corrected chi connectivity index (χ3v) is 2.42. The minimum atomic E-state index is -1.27. The fourth-order valence-electron chi connectivity index (χ4n) is 1.17. The van der Waals surface area contributed by atoms with Crippen LogP contribution in [-0.4, -0.2) is 27.2 Å². The predicted molar refractivity (Wildman–Crippen MR) is 58.4 cm³/mol. The molecule has 0 spiro atoms. The van der Waals surface area contributed by atoms with Gasteiger partial charge < -0.3 is 15.2 Å². The zero-order chi connectivity index (χ0) is 11.4. The summed E-state index contributed by atoms with van der Waals surface area (Å²) in [5.41, 5.74) is -0.430. The molecule has 0 radical (unpaired) electrons. The molecule has 0 saturated carbocycles. The molecule has 0 aliphatic rings. The van der Waals surface area contributed by atoms with E-state index in [0.717, 1.165) is 0 Å². The van der Waals surface area contributed by atoms with Gasteiger partial charge in [0.15, 0.2) is 0 Å². The van der Waals surface area contributed by atoms with Gasteiger partial charge in [-0.25, -0.2) is 0 Å². The number of hydrogen-bond acceptors (Lipinski definition) is 3. The molecule has 0 aromatic carbocycles. The molecule has 6 heteroatoms. The highest BCUT2D eigenvalue weighted by molar-refractivity contribution is 6.30. The summed E-state index contributed by atoms with van der Waals surface area (Å²) in [6.07, 6.45) is -0.823. The number of aromatic amines is 1. The molecule has 1 heterocycles. The van der Waals surface area contributed by atoms with Crippen molar-refractivity contribution in [1.29, 1.82) is 0 Å². The van der Waals surface area contributed by atoms with Crippen LogP contribution in [-0.2, 0) is 0 Å². The lowest BCUT2D eigenvalue weighted by molar-refractivity contribution is 0.0162. The molecular formula is C9H11Cl2NO3. The summed E-state index contributed by atoms with van der Waals surface area (Å²) >= 11 is 11.1. The van der Waals surface area contributed by atoms with Crippen molar-refractivity contribution in [3.05, 3.63) is 33.2 Å². The van der Waals surface area contributed by atoms with Gasteiger partial charge in [-0.2, -0.15) is 0 Å². The molecule has 0 aliphatic heterocycles. The molecule has 4 nitrogen and oxygen atoms in total. The summed E-state index contributed by atoms with van der Waals surface area (Å²) in [6, 6.07) is 1.32. The van der Waals surface area contributed by atoms with Crippen LogP contribution in [0.1, 0.15) is 18.1 Å². The summed E-state index contributed by atoms with van der Waals surface area (Å²) in [4.78, 5) is 13.7. The maximum absolute atomic E-state index is 11.3. The van der Waals surface area contributed by atoms with E-state index >= 15 is 0 Å². The summed E-state index contributed by atoms with van der Waals surface area (Å²) in [7, 11) is 0. The summed E-state index contributed by atoms with van der Waals surface area (Å²) in [6.45, 7) is 0. The van der Waals surface area contributed by atoms with Crippen molar-refractivity contribution in [2.75, 3.05) is 5.88 Å². The molecule has 2 atom stereocenters. The molecule has 2 unspecified atom stereocenters. The second kappa shape index (κ2) is 5.51. The van der Waals surface area contributed by atoms with Crippen LogP contribution in [0.4, 0.5) is 0 Å². The molecular weight excluding hydrogens is 241 g/mol. The number of pyridine rings is 1. The number of hydrogen-bond donors (Lipinski definition) is 3. The monoisotopic (exact) mass is 251 g/mol. The highest BCUT2D eigenvalue weighted by atomic mass is 35.5. The van der Waals surface area contributed by atoms with Crippen molar-refractivity contribution in [2.45, 2.75) is 18.6 Å². The molecule has 3 N–H and O–H groups in total. The van der Waals surface area contributed by atoms with Crippen LogP contribution in [0.2, 0.25) is 5.02 Å². The Morgan fingerprint density at radius 1 is 1.47 bits per heavy atom. The first-order chi connectivity index (χ1) is 7.06.